The molecular formula is C17H21FN2S. The summed E-state index contributed by atoms with van der Waals surface area (Å²) in [5.74, 6) is 0.600. The van der Waals surface area contributed by atoms with Crippen LogP contribution < -0.4 is 0 Å². The standard InChI is InChI=1S/C17H21FN2S/c18-16-5-1-3-14(11-16)6-7-15-4-2-9-20(12-15)13-17-19-8-10-21-17/h1,3,5,8,10-11,15H,2,4,6-7,9,12-13H2/t15-/m0/s1. The molecule has 1 aromatic heterocycles. The molecule has 2 nitrogen and oxygen atoms in total. The van der Waals surface area contributed by atoms with Crippen LogP contribution in [0, 0.1) is 11.7 Å². The van der Waals surface area contributed by atoms with Gasteiger partial charge in [0, 0.05) is 18.1 Å². The minimum Gasteiger partial charge on any atom is -0.296 e. The van der Waals surface area contributed by atoms with Gasteiger partial charge in [-0.1, -0.05) is 12.1 Å². The van der Waals surface area contributed by atoms with E-state index in [9.17, 15) is 4.39 Å². The fraction of sp³-hybridized carbons (Fsp3) is 0.471. The summed E-state index contributed by atoms with van der Waals surface area (Å²) in [5, 5.41) is 3.25. The topological polar surface area (TPSA) is 16.1 Å². The Morgan fingerprint density at radius 1 is 1.38 bits per heavy atom. The lowest BCUT2D eigenvalue weighted by Crippen LogP contribution is -2.35. The summed E-state index contributed by atoms with van der Waals surface area (Å²) in [6, 6.07) is 7.01. The van der Waals surface area contributed by atoms with Crippen LogP contribution in [-0.4, -0.2) is 23.0 Å². The fourth-order valence-electron chi connectivity index (χ4n) is 3.12. The predicted molar refractivity (Wildman–Crippen MR) is 84.8 cm³/mol. The first-order valence-corrected chi connectivity index (χ1v) is 8.53. The van der Waals surface area contributed by atoms with E-state index in [1.54, 1.807) is 23.5 Å². The van der Waals surface area contributed by atoms with Gasteiger partial charge in [0.05, 0.1) is 6.54 Å². The van der Waals surface area contributed by atoms with Gasteiger partial charge in [-0.25, -0.2) is 9.37 Å². The van der Waals surface area contributed by atoms with Crippen molar-refractivity contribution >= 4 is 11.3 Å². The monoisotopic (exact) mass is 304 g/mol. The van der Waals surface area contributed by atoms with Crippen molar-refractivity contribution in [3.8, 4) is 0 Å². The average molecular weight is 304 g/mol. The number of likely N-dealkylation sites (tertiary alicyclic amines) is 1. The van der Waals surface area contributed by atoms with Gasteiger partial charge in [-0.15, -0.1) is 11.3 Å². The largest absolute Gasteiger partial charge is 0.296 e. The molecule has 2 heterocycles. The Balaban J connectivity index is 1.49. The van der Waals surface area contributed by atoms with E-state index in [0.29, 0.717) is 0 Å². The van der Waals surface area contributed by atoms with Crippen molar-refractivity contribution in [1.82, 2.24) is 9.88 Å². The first-order valence-electron chi connectivity index (χ1n) is 7.65. The number of hydrogen-bond donors (Lipinski definition) is 0. The van der Waals surface area contributed by atoms with Crippen LogP contribution in [0.1, 0.15) is 29.8 Å². The molecule has 1 saturated heterocycles. The number of nitrogens with zero attached hydrogens (tertiary/aromatic N) is 2. The zero-order valence-corrected chi connectivity index (χ0v) is 13.0. The lowest BCUT2D eigenvalue weighted by Gasteiger charge is -2.32. The molecule has 0 aliphatic carbocycles. The zero-order chi connectivity index (χ0) is 14.5. The van der Waals surface area contributed by atoms with Gasteiger partial charge < -0.3 is 0 Å². The van der Waals surface area contributed by atoms with Gasteiger partial charge in [0.25, 0.3) is 0 Å². The molecule has 1 aromatic carbocycles. The molecule has 1 atom stereocenters. The number of aryl methyl sites for hydroxylation is 1. The van der Waals surface area contributed by atoms with Gasteiger partial charge in [-0.05, 0) is 55.8 Å². The van der Waals surface area contributed by atoms with Crippen LogP contribution in [0.15, 0.2) is 35.8 Å². The molecule has 1 aliphatic heterocycles. The molecule has 0 amide bonds. The third kappa shape index (κ3) is 4.35. The third-order valence-corrected chi connectivity index (χ3v) is 4.94. The third-order valence-electron chi connectivity index (χ3n) is 4.18. The normalized spacial score (nSPS) is 19.8. The molecule has 21 heavy (non-hydrogen) atoms. The van der Waals surface area contributed by atoms with Crippen molar-refractivity contribution in [3.05, 3.63) is 52.2 Å². The van der Waals surface area contributed by atoms with Gasteiger partial charge >= 0.3 is 0 Å². The molecule has 4 heteroatoms. The first kappa shape index (κ1) is 14.7. The van der Waals surface area contributed by atoms with Crippen LogP contribution in [0.25, 0.3) is 0 Å². The minimum absolute atomic E-state index is 0.124. The maximum atomic E-state index is 13.2. The Morgan fingerprint density at radius 2 is 2.33 bits per heavy atom. The lowest BCUT2D eigenvalue weighted by atomic mass is 9.91. The van der Waals surface area contributed by atoms with Gasteiger partial charge in [-0.3, -0.25) is 4.90 Å². The summed E-state index contributed by atoms with van der Waals surface area (Å²) in [6.45, 7) is 3.30. The van der Waals surface area contributed by atoms with E-state index in [1.807, 2.05) is 17.6 Å². The molecule has 0 bridgehead atoms. The maximum absolute atomic E-state index is 13.2. The second kappa shape index (κ2) is 7.14. The van der Waals surface area contributed by atoms with E-state index >= 15 is 0 Å². The molecule has 0 radical (unpaired) electrons. The molecule has 112 valence electrons. The lowest BCUT2D eigenvalue weighted by molar-refractivity contribution is 0.161. The molecule has 1 aliphatic rings. The quantitative estimate of drug-likeness (QED) is 0.826. The van der Waals surface area contributed by atoms with Crippen LogP contribution in [0.2, 0.25) is 0 Å². The fourth-order valence-corrected chi connectivity index (χ4v) is 3.77. The summed E-state index contributed by atoms with van der Waals surface area (Å²) in [5.41, 5.74) is 1.12. The molecular weight excluding hydrogens is 283 g/mol. The van der Waals surface area contributed by atoms with Crippen LogP contribution in [-0.2, 0) is 13.0 Å². The number of aromatic nitrogens is 1. The van der Waals surface area contributed by atoms with Gasteiger partial charge in [0.2, 0.25) is 0 Å². The van der Waals surface area contributed by atoms with Crippen molar-refractivity contribution in [2.75, 3.05) is 13.1 Å². The SMILES string of the molecule is Fc1cccc(CC[C@@H]2CCCN(Cc3nccs3)C2)c1. The number of piperidine rings is 1. The van der Waals surface area contributed by atoms with E-state index in [-0.39, 0.29) is 5.82 Å². The van der Waals surface area contributed by atoms with Crippen molar-refractivity contribution < 1.29 is 4.39 Å². The summed E-state index contributed by atoms with van der Waals surface area (Å²) >= 11 is 1.74. The molecule has 0 N–H and O–H groups in total. The van der Waals surface area contributed by atoms with E-state index < -0.39 is 0 Å². The number of thiazole rings is 1. The Labute approximate surface area is 129 Å². The summed E-state index contributed by atoms with van der Waals surface area (Å²) in [7, 11) is 0. The summed E-state index contributed by atoms with van der Waals surface area (Å²) in [6.07, 6.45) is 6.57. The molecule has 0 saturated carbocycles. The van der Waals surface area contributed by atoms with Crippen molar-refractivity contribution in [1.29, 1.82) is 0 Å². The van der Waals surface area contributed by atoms with Gasteiger partial charge in [0.1, 0.15) is 10.8 Å². The molecule has 3 rings (SSSR count). The van der Waals surface area contributed by atoms with Crippen molar-refractivity contribution in [3.63, 3.8) is 0 Å². The molecule has 1 fully saturated rings. The van der Waals surface area contributed by atoms with Crippen LogP contribution in [0.4, 0.5) is 4.39 Å². The molecule has 0 spiro atoms. The number of hydrogen-bond acceptors (Lipinski definition) is 3. The van der Waals surface area contributed by atoms with Crippen LogP contribution >= 0.6 is 11.3 Å². The highest BCUT2D eigenvalue weighted by Crippen LogP contribution is 2.23. The second-order valence-electron chi connectivity index (χ2n) is 5.84. The number of halogens is 1. The Kier molecular flexibility index (Phi) is 4.99. The predicted octanol–water partition coefficient (Wildman–Crippen LogP) is 4.13. The highest BCUT2D eigenvalue weighted by molar-refractivity contribution is 7.09. The maximum Gasteiger partial charge on any atom is 0.123 e. The van der Waals surface area contributed by atoms with Crippen molar-refractivity contribution in [2.45, 2.75) is 32.2 Å². The average Bonchev–Trinajstić information content (AvgIpc) is 2.99. The van der Waals surface area contributed by atoms with Crippen LogP contribution in [0.5, 0.6) is 0 Å². The smallest absolute Gasteiger partial charge is 0.123 e. The summed E-state index contributed by atoms with van der Waals surface area (Å²) in [4.78, 5) is 6.89. The Bertz CT molecular complexity index is 556. The minimum atomic E-state index is -0.124. The molecule has 2 aromatic rings. The van der Waals surface area contributed by atoms with E-state index in [2.05, 4.69) is 9.88 Å². The van der Waals surface area contributed by atoms with Gasteiger partial charge in [0.15, 0.2) is 0 Å². The molecule has 0 unspecified atom stereocenters. The van der Waals surface area contributed by atoms with Crippen molar-refractivity contribution in [2.24, 2.45) is 5.92 Å². The number of benzene rings is 1. The number of rotatable bonds is 5. The first-order chi connectivity index (χ1) is 10.3. The Hall–Kier alpha value is -1.26. The summed E-state index contributed by atoms with van der Waals surface area (Å²) < 4.78 is 13.2. The Morgan fingerprint density at radius 3 is 3.14 bits per heavy atom. The van der Waals surface area contributed by atoms with E-state index in [1.165, 1.54) is 30.5 Å². The van der Waals surface area contributed by atoms with Crippen LogP contribution in [0.3, 0.4) is 0 Å². The van der Waals surface area contributed by atoms with Gasteiger partial charge in [-0.2, -0.15) is 0 Å². The van der Waals surface area contributed by atoms with E-state index in [0.717, 1.165) is 37.4 Å². The highest BCUT2D eigenvalue weighted by atomic mass is 32.1. The van der Waals surface area contributed by atoms with E-state index in [4.69, 9.17) is 0 Å². The second-order valence-corrected chi connectivity index (χ2v) is 6.82. The highest BCUT2D eigenvalue weighted by Gasteiger charge is 2.20. The zero-order valence-electron chi connectivity index (χ0n) is 12.2.